The van der Waals surface area contributed by atoms with Crippen LogP contribution in [-0.4, -0.2) is 49.7 Å². The van der Waals surface area contributed by atoms with Crippen LogP contribution in [0.15, 0.2) is 47.4 Å². The largest absolute Gasteiger partial charge is 0.336 e. The fourth-order valence-corrected chi connectivity index (χ4v) is 4.64. The van der Waals surface area contributed by atoms with E-state index < -0.39 is 21.7 Å². The normalized spacial score (nSPS) is 15.9. The number of rotatable bonds is 3. The second-order valence-corrected chi connectivity index (χ2v) is 8.51. The van der Waals surface area contributed by atoms with Gasteiger partial charge in [0.1, 0.15) is 5.82 Å². The van der Waals surface area contributed by atoms with E-state index >= 15 is 0 Å². The quantitative estimate of drug-likeness (QED) is 0.721. The van der Waals surface area contributed by atoms with Crippen molar-refractivity contribution in [2.24, 2.45) is 0 Å². The topological polar surface area (TPSA) is 57.7 Å². The Balaban J connectivity index is 1.73. The number of benzene rings is 2. The predicted octanol–water partition coefficient (Wildman–Crippen LogP) is 3.28. The lowest BCUT2D eigenvalue weighted by Crippen LogP contribution is -2.50. The molecule has 3 rings (SSSR count). The molecule has 1 amide bonds. The first kappa shape index (κ1) is 19.1. The first-order valence-electron chi connectivity index (χ1n) is 7.80. The molecule has 5 nitrogen and oxygen atoms in total. The maximum atomic E-state index is 13.6. The van der Waals surface area contributed by atoms with Crippen LogP contribution >= 0.6 is 23.2 Å². The number of piperazine rings is 1. The summed E-state index contributed by atoms with van der Waals surface area (Å²) in [6.45, 7) is 0.671. The van der Waals surface area contributed by atoms with Crippen LogP contribution in [0.25, 0.3) is 0 Å². The van der Waals surface area contributed by atoms with Crippen molar-refractivity contribution < 1.29 is 17.6 Å². The first-order valence-corrected chi connectivity index (χ1v) is 9.99. The van der Waals surface area contributed by atoms with E-state index in [1.54, 1.807) is 18.2 Å². The van der Waals surface area contributed by atoms with Gasteiger partial charge in [0.15, 0.2) is 0 Å². The van der Waals surface area contributed by atoms with Crippen LogP contribution in [0.5, 0.6) is 0 Å². The van der Waals surface area contributed by atoms with Crippen molar-refractivity contribution in [2.75, 3.05) is 26.2 Å². The molecule has 0 spiro atoms. The van der Waals surface area contributed by atoms with Crippen LogP contribution in [0.4, 0.5) is 4.39 Å². The monoisotopic (exact) mass is 416 g/mol. The molecule has 1 heterocycles. The molecular weight excluding hydrogens is 402 g/mol. The van der Waals surface area contributed by atoms with Gasteiger partial charge in [0.2, 0.25) is 10.0 Å². The summed E-state index contributed by atoms with van der Waals surface area (Å²) in [6.07, 6.45) is 0. The fraction of sp³-hybridized carbons (Fsp3) is 0.235. The van der Waals surface area contributed by atoms with Crippen LogP contribution in [0, 0.1) is 5.82 Å². The molecule has 0 radical (unpaired) electrons. The third kappa shape index (κ3) is 3.71. The van der Waals surface area contributed by atoms with Gasteiger partial charge >= 0.3 is 0 Å². The number of carbonyl (C=O) groups is 1. The smallest absolute Gasteiger partial charge is 0.255 e. The lowest BCUT2D eigenvalue weighted by molar-refractivity contribution is 0.0697. The summed E-state index contributed by atoms with van der Waals surface area (Å²) < 4.78 is 40.2. The molecule has 1 aliphatic heterocycles. The van der Waals surface area contributed by atoms with Gasteiger partial charge < -0.3 is 4.90 Å². The summed E-state index contributed by atoms with van der Waals surface area (Å²) in [7, 11) is -3.60. The predicted molar refractivity (Wildman–Crippen MR) is 97.5 cm³/mol. The minimum absolute atomic E-state index is 0.00735. The summed E-state index contributed by atoms with van der Waals surface area (Å²) in [5, 5.41) is -0.105. The molecule has 0 unspecified atom stereocenters. The Hall–Kier alpha value is -1.67. The summed E-state index contributed by atoms with van der Waals surface area (Å²) in [5.74, 6) is -1.19. The van der Waals surface area contributed by atoms with Crippen molar-refractivity contribution >= 4 is 39.1 Å². The van der Waals surface area contributed by atoms with E-state index in [1.165, 1.54) is 27.4 Å². The molecule has 0 aliphatic carbocycles. The van der Waals surface area contributed by atoms with Crippen molar-refractivity contribution in [1.29, 1.82) is 0 Å². The van der Waals surface area contributed by atoms with Crippen LogP contribution in [-0.2, 0) is 10.0 Å². The average molecular weight is 417 g/mol. The van der Waals surface area contributed by atoms with Gasteiger partial charge in [-0.15, -0.1) is 0 Å². The van der Waals surface area contributed by atoms with E-state index in [2.05, 4.69) is 0 Å². The van der Waals surface area contributed by atoms with Gasteiger partial charge in [0, 0.05) is 26.2 Å². The molecule has 0 aromatic heterocycles. The van der Waals surface area contributed by atoms with Crippen molar-refractivity contribution in [3.63, 3.8) is 0 Å². The van der Waals surface area contributed by atoms with Crippen molar-refractivity contribution in [1.82, 2.24) is 9.21 Å². The second kappa shape index (κ2) is 7.52. The lowest BCUT2D eigenvalue weighted by atomic mass is 10.1. The first-order chi connectivity index (χ1) is 12.3. The molecule has 138 valence electrons. The van der Waals surface area contributed by atoms with E-state index in [-0.39, 0.29) is 46.7 Å². The Kier molecular flexibility index (Phi) is 5.53. The number of sulfonamides is 1. The molecule has 2 aromatic rings. The average Bonchev–Trinajstić information content (AvgIpc) is 2.65. The molecule has 0 saturated carbocycles. The highest BCUT2D eigenvalue weighted by Crippen LogP contribution is 2.26. The van der Waals surface area contributed by atoms with Gasteiger partial charge in [-0.25, -0.2) is 12.8 Å². The zero-order chi connectivity index (χ0) is 18.9. The molecule has 0 N–H and O–H groups in total. The van der Waals surface area contributed by atoms with Gasteiger partial charge in [0.25, 0.3) is 5.91 Å². The zero-order valence-electron chi connectivity index (χ0n) is 13.5. The summed E-state index contributed by atoms with van der Waals surface area (Å²) >= 11 is 11.6. The Morgan fingerprint density at radius 2 is 1.58 bits per heavy atom. The Bertz CT molecular complexity index is 931. The van der Waals surface area contributed by atoms with Crippen molar-refractivity contribution in [3.05, 3.63) is 63.9 Å². The van der Waals surface area contributed by atoms with E-state index in [4.69, 9.17) is 23.2 Å². The van der Waals surface area contributed by atoms with E-state index in [1.807, 2.05) is 0 Å². The number of halogens is 3. The Morgan fingerprint density at radius 1 is 0.962 bits per heavy atom. The highest BCUT2D eigenvalue weighted by atomic mass is 35.5. The highest BCUT2D eigenvalue weighted by molar-refractivity contribution is 7.89. The lowest BCUT2D eigenvalue weighted by Gasteiger charge is -2.34. The van der Waals surface area contributed by atoms with Crippen LogP contribution in [0.1, 0.15) is 10.4 Å². The van der Waals surface area contributed by atoms with E-state index in [9.17, 15) is 17.6 Å². The summed E-state index contributed by atoms with van der Waals surface area (Å²) in [5.41, 5.74) is 0.00735. The molecular formula is C17H15Cl2FN2O3S. The van der Waals surface area contributed by atoms with Crippen LogP contribution < -0.4 is 0 Å². The summed E-state index contributed by atoms with van der Waals surface area (Å²) in [6, 6.07) is 10.3. The SMILES string of the molecule is O=C(c1cc(F)c(Cl)cc1Cl)N1CCN(S(=O)(=O)c2ccccc2)CC1. The van der Waals surface area contributed by atoms with Gasteiger partial charge in [-0.2, -0.15) is 4.31 Å². The molecule has 2 aromatic carbocycles. The standard InChI is InChI=1S/C17H15Cl2FN2O3S/c18-14-11-15(19)16(20)10-13(14)17(23)21-6-8-22(9-7-21)26(24,25)12-4-2-1-3-5-12/h1-5,10-11H,6-9H2. The van der Waals surface area contributed by atoms with Gasteiger partial charge in [-0.05, 0) is 24.3 Å². The van der Waals surface area contributed by atoms with Gasteiger partial charge in [0.05, 0.1) is 20.5 Å². The third-order valence-electron chi connectivity index (χ3n) is 4.15. The minimum atomic E-state index is -3.60. The molecule has 1 saturated heterocycles. The maximum absolute atomic E-state index is 13.6. The highest BCUT2D eigenvalue weighted by Gasteiger charge is 2.31. The molecule has 9 heteroatoms. The van der Waals surface area contributed by atoms with Crippen molar-refractivity contribution in [2.45, 2.75) is 4.90 Å². The molecule has 26 heavy (non-hydrogen) atoms. The van der Waals surface area contributed by atoms with Gasteiger partial charge in [-0.1, -0.05) is 41.4 Å². The van der Waals surface area contributed by atoms with E-state index in [0.717, 1.165) is 6.07 Å². The van der Waals surface area contributed by atoms with Gasteiger partial charge in [-0.3, -0.25) is 4.79 Å². The Labute approximate surface area is 161 Å². The summed E-state index contributed by atoms with van der Waals surface area (Å²) in [4.78, 5) is 14.2. The molecule has 0 bridgehead atoms. The molecule has 1 fully saturated rings. The fourth-order valence-electron chi connectivity index (χ4n) is 2.73. The minimum Gasteiger partial charge on any atom is -0.336 e. The van der Waals surface area contributed by atoms with Crippen LogP contribution in [0.3, 0.4) is 0 Å². The van der Waals surface area contributed by atoms with Crippen molar-refractivity contribution in [3.8, 4) is 0 Å². The number of hydrogen-bond acceptors (Lipinski definition) is 3. The molecule has 0 atom stereocenters. The van der Waals surface area contributed by atoms with Crippen LogP contribution in [0.2, 0.25) is 10.0 Å². The number of amides is 1. The molecule has 1 aliphatic rings. The third-order valence-corrected chi connectivity index (χ3v) is 6.66. The number of hydrogen-bond donors (Lipinski definition) is 0. The number of carbonyl (C=O) groups excluding carboxylic acids is 1. The second-order valence-electron chi connectivity index (χ2n) is 5.76. The van der Waals surface area contributed by atoms with E-state index in [0.29, 0.717) is 0 Å². The Morgan fingerprint density at radius 3 is 2.19 bits per heavy atom. The zero-order valence-corrected chi connectivity index (χ0v) is 15.9. The number of nitrogens with zero attached hydrogens (tertiary/aromatic N) is 2. The maximum Gasteiger partial charge on any atom is 0.255 e.